The summed E-state index contributed by atoms with van der Waals surface area (Å²) in [5, 5.41) is 9.94. The summed E-state index contributed by atoms with van der Waals surface area (Å²) in [6.07, 6.45) is 1.58. The van der Waals surface area contributed by atoms with Gasteiger partial charge in [-0.05, 0) is 25.5 Å². The third kappa shape index (κ3) is 2.88. The van der Waals surface area contributed by atoms with Gasteiger partial charge in [0, 0.05) is 24.8 Å². The molecule has 0 unspecified atom stereocenters. The van der Waals surface area contributed by atoms with Crippen LogP contribution in [0.15, 0.2) is 30.6 Å². The highest BCUT2D eigenvalue weighted by atomic mass is 15.1. The van der Waals surface area contributed by atoms with E-state index in [2.05, 4.69) is 58.0 Å². The number of nitrogens with one attached hydrogen (secondary N) is 3. The lowest BCUT2D eigenvalue weighted by molar-refractivity contribution is 0.471. The van der Waals surface area contributed by atoms with Gasteiger partial charge in [0.05, 0.1) is 6.04 Å². The summed E-state index contributed by atoms with van der Waals surface area (Å²) in [5.41, 5.74) is 3.54. The van der Waals surface area contributed by atoms with Crippen molar-refractivity contribution in [2.75, 3.05) is 23.7 Å². The molecule has 1 aliphatic heterocycles. The molecule has 0 spiro atoms. The zero-order valence-corrected chi connectivity index (χ0v) is 11.8. The normalized spacial score (nSPS) is 14.7. The highest BCUT2D eigenvalue weighted by Crippen LogP contribution is 2.21. The Kier molecular flexibility index (Phi) is 3.52. The fourth-order valence-electron chi connectivity index (χ4n) is 2.20. The minimum atomic E-state index is 0.471. The van der Waals surface area contributed by atoms with Gasteiger partial charge >= 0.3 is 0 Å². The number of aromatic nitrogens is 2. The van der Waals surface area contributed by atoms with Gasteiger partial charge in [0.25, 0.3) is 0 Å². The molecular weight excluding hydrogens is 250 g/mol. The van der Waals surface area contributed by atoms with Gasteiger partial charge in [-0.15, -0.1) is 0 Å². The van der Waals surface area contributed by atoms with Gasteiger partial charge in [-0.25, -0.2) is 9.97 Å². The fourth-order valence-corrected chi connectivity index (χ4v) is 2.20. The molecular formula is C15H19N5. The molecule has 2 heterocycles. The summed E-state index contributed by atoms with van der Waals surface area (Å²) < 4.78 is 0. The molecule has 1 aromatic carbocycles. The van der Waals surface area contributed by atoms with E-state index in [-0.39, 0.29) is 0 Å². The van der Waals surface area contributed by atoms with Crippen molar-refractivity contribution >= 4 is 17.3 Å². The van der Waals surface area contributed by atoms with E-state index < -0.39 is 0 Å². The second kappa shape index (κ2) is 5.46. The molecule has 0 saturated carbocycles. The number of anilines is 3. The second-order valence-electron chi connectivity index (χ2n) is 5.23. The van der Waals surface area contributed by atoms with Gasteiger partial charge < -0.3 is 16.0 Å². The first-order valence-electron chi connectivity index (χ1n) is 6.84. The molecule has 1 aromatic heterocycles. The van der Waals surface area contributed by atoms with Crippen molar-refractivity contribution in [2.24, 2.45) is 0 Å². The third-order valence-electron chi connectivity index (χ3n) is 3.45. The lowest BCUT2D eigenvalue weighted by Crippen LogP contribution is -2.51. The van der Waals surface area contributed by atoms with Gasteiger partial charge in [0.15, 0.2) is 0 Å². The van der Waals surface area contributed by atoms with E-state index in [0.717, 1.165) is 30.4 Å². The van der Waals surface area contributed by atoms with Crippen molar-refractivity contribution in [3.63, 3.8) is 0 Å². The predicted molar refractivity (Wildman–Crippen MR) is 81.5 cm³/mol. The van der Waals surface area contributed by atoms with E-state index in [1.165, 1.54) is 11.1 Å². The van der Waals surface area contributed by atoms with Crippen LogP contribution in [0.5, 0.6) is 0 Å². The van der Waals surface area contributed by atoms with Crippen LogP contribution < -0.4 is 16.0 Å². The van der Waals surface area contributed by atoms with E-state index in [1.54, 1.807) is 6.33 Å². The molecule has 1 saturated heterocycles. The molecule has 104 valence electrons. The number of hydrogen-bond acceptors (Lipinski definition) is 5. The van der Waals surface area contributed by atoms with E-state index in [9.17, 15) is 0 Å². The summed E-state index contributed by atoms with van der Waals surface area (Å²) >= 11 is 0. The van der Waals surface area contributed by atoms with Crippen LogP contribution >= 0.6 is 0 Å². The first kappa shape index (κ1) is 12.9. The third-order valence-corrected chi connectivity index (χ3v) is 3.45. The molecule has 3 rings (SSSR count). The molecule has 1 fully saturated rings. The Hall–Kier alpha value is -2.14. The van der Waals surface area contributed by atoms with Crippen LogP contribution in [0.4, 0.5) is 17.3 Å². The highest BCUT2D eigenvalue weighted by molar-refractivity contribution is 5.62. The lowest BCUT2D eigenvalue weighted by atomic mass is 10.1. The summed E-state index contributed by atoms with van der Waals surface area (Å²) in [4.78, 5) is 8.52. The van der Waals surface area contributed by atoms with Crippen molar-refractivity contribution in [1.29, 1.82) is 0 Å². The summed E-state index contributed by atoms with van der Waals surface area (Å²) in [6, 6.07) is 8.74. The zero-order chi connectivity index (χ0) is 13.9. The van der Waals surface area contributed by atoms with Gasteiger partial charge in [0.1, 0.15) is 18.0 Å². The summed E-state index contributed by atoms with van der Waals surface area (Å²) in [6.45, 7) is 6.17. The molecule has 0 bridgehead atoms. The van der Waals surface area contributed by atoms with Crippen molar-refractivity contribution in [3.8, 4) is 0 Å². The van der Waals surface area contributed by atoms with Gasteiger partial charge in [0.2, 0.25) is 0 Å². The largest absolute Gasteiger partial charge is 0.365 e. The van der Waals surface area contributed by atoms with E-state index in [0.29, 0.717) is 6.04 Å². The Morgan fingerprint density at radius 1 is 1.10 bits per heavy atom. The Balaban J connectivity index is 1.74. The molecule has 1 aliphatic rings. The Morgan fingerprint density at radius 2 is 1.90 bits per heavy atom. The van der Waals surface area contributed by atoms with Crippen LogP contribution in [0.3, 0.4) is 0 Å². The molecule has 0 amide bonds. The quantitative estimate of drug-likeness (QED) is 0.794. The number of aryl methyl sites for hydroxylation is 2. The van der Waals surface area contributed by atoms with Gasteiger partial charge in [-0.3, -0.25) is 0 Å². The number of hydrogen-bond donors (Lipinski definition) is 3. The molecule has 5 heteroatoms. The molecule has 0 radical (unpaired) electrons. The maximum atomic E-state index is 4.27. The Bertz CT molecular complexity index is 607. The number of nitrogens with zero attached hydrogens (tertiary/aromatic N) is 2. The Morgan fingerprint density at radius 3 is 2.60 bits per heavy atom. The SMILES string of the molecule is Cc1ccc(Nc2cc(NC3CNC3)ncn2)c(C)c1. The average molecular weight is 269 g/mol. The van der Waals surface area contributed by atoms with Crippen molar-refractivity contribution < 1.29 is 0 Å². The van der Waals surface area contributed by atoms with Crippen LogP contribution in [0.25, 0.3) is 0 Å². The molecule has 2 aromatic rings. The molecule has 0 atom stereocenters. The number of benzene rings is 1. The van der Waals surface area contributed by atoms with Gasteiger partial charge in [-0.2, -0.15) is 0 Å². The van der Waals surface area contributed by atoms with Crippen LogP contribution in [-0.2, 0) is 0 Å². The van der Waals surface area contributed by atoms with E-state index >= 15 is 0 Å². The highest BCUT2D eigenvalue weighted by Gasteiger charge is 2.16. The second-order valence-corrected chi connectivity index (χ2v) is 5.23. The number of rotatable bonds is 4. The van der Waals surface area contributed by atoms with E-state index in [1.807, 2.05) is 6.07 Å². The zero-order valence-electron chi connectivity index (χ0n) is 11.8. The van der Waals surface area contributed by atoms with E-state index in [4.69, 9.17) is 0 Å². The standard InChI is InChI=1S/C15H19N5/c1-10-3-4-13(11(2)5-10)20-15-6-14(17-9-18-15)19-12-7-16-8-12/h3-6,9,12,16H,7-8H2,1-2H3,(H2,17,18,19,20). The van der Waals surface area contributed by atoms with Crippen molar-refractivity contribution in [2.45, 2.75) is 19.9 Å². The van der Waals surface area contributed by atoms with Gasteiger partial charge in [-0.1, -0.05) is 17.7 Å². The Labute approximate surface area is 118 Å². The maximum absolute atomic E-state index is 4.27. The first-order valence-corrected chi connectivity index (χ1v) is 6.84. The van der Waals surface area contributed by atoms with Crippen LogP contribution in [0, 0.1) is 13.8 Å². The predicted octanol–water partition coefficient (Wildman–Crippen LogP) is 2.22. The minimum Gasteiger partial charge on any atom is -0.365 e. The topological polar surface area (TPSA) is 61.9 Å². The molecule has 3 N–H and O–H groups in total. The van der Waals surface area contributed by atoms with Crippen LogP contribution in [0.2, 0.25) is 0 Å². The smallest absolute Gasteiger partial charge is 0.135 e. The maximum Gasteiger partial charge on any atom is 0.135 e. The summed E-state index contributed by atoms with van der Waals surface area (Å²) in [7, 11) is 0. The average Bonchev–Trinajstić information content (AvgIpc) is 2.38. The summed E-state index contributed by atoms with van der Waals surface area (Å²) in [5.74, 6) is 1.67. The van der Waals surface area contributed by atoms with Crippen molar-refractivity contribution in [1.82, 2.24) is 15.3 Å². The molecule has 20 heavy (non-hydrogen) atoms. The lowest BCUT2D eigenvalue weighted by Gasteiger charge is -2.28. The van der Waals surface area contributed by atoms with Crippen molar-refractivity contribution in [3.05, 3.63) is 41.7 Å². The molecule has 0 aliphatic carbocycles. The molecule has 5 nitrogen and oxygen atoms in total. The van der Waals surface area contributed by atoms with Crippen LogP contribution in [0.1, 0.15) is 11.1 Å². The fraction of sp³-hybridized carbons (Fsp3) is 0.333. The minimum absolute atomic E-state index is 0.471. The monoisotopic (exact) mass is 269 g/mol. The van der Waals surface area contributed by atoms with Crippen LogP contribution in [-0.4, -0.2) is 29.1 Å². The first-order chi connectivity index (χ1) is 9.70.